The first-order valence-corrected chi connectivity index (χ1v) is 8.81. The van der Waals surface area contributed by atoms with E-state index < -0.39 is 10.1 Å². The van der Waals surface area contributed by atoms with Gasteiger partial charge in [0.15, 0.2) is 11.5 Å². The number of hydrogen-bond donors (Lipinski definition) is 1. The molecule has 2 rings (SSSR count). The number of ether oxygens (including phenoxy) is 1. The van der Waals surface area contributed by atoms with Crippen molar-refractivity contribution in [3.63, 3.8) is 0 Å². The van der Waals surface area contributed by atoms with Crippen LogP contribution in [0.25, 0.3) is 0 Å². The molecule has 0 aromatic heterocycles. The number of aliphatic hydroxyl groups excluding tert-OH is 1. The number of halogens is 1. The zero-order chi connectivity index (χ0) is 17.7. The second-order valence-corrected chi connectivity index (χ2v) is 6.91. The van der Waals surface area contributed by atoms with Gasteiger partial charge < -0.3 is 14.0 Å². The molecule has 0 saturated carbocycles. The molecule has 2 aromatic carbocycles. The van der Waals surface area contributed by atoms with Crippen molar-refractivity contribution in [2.45, 2.75) is 17.9 Å². The van der Waals surface area contributed by atoms with Crippen LogP contribution in [0.4, 0.5) is 0 Å². The fourth-order valence-electron chi connectivity index (χ4n) is 2.13. The third-order valence-corrected chi connectivity index (χ3v) is 4.74. The van der Waals surface area contributed by atoms with E-state index in [1.54, 1.807) is 12.1 Å². The lowest BCUT2D eigenvalue weighted by molar-refractivity contribution is 0.280. The molecule has 0 radical (unpaired) electrons. The lowest BCUT2D eigenvalue weighted by Gasteiger charge is -2.15. The molecular formula is C17H17ClO5S. The van der Waals surface area contributed by atoms with Crippen molar-refractivity contribution in [3.05, 3.63) is 65.2 Å². The summed E-state index contributed by atoms with van der Waals surface area (Å²) in [4.78, 5) is -0.0234. The second kappa shape index (κ2) is 7.70. The zero-order valence-electron chi connectivity index (χ0n) is 13.0. The molecule has 7 heteroatoms. The van der Waals surface area contributed by atoms with Crippen molar-refractivity contribution in [2.75, 3.05) is 7.11 Å². The maximum absolute atomic E-state index is 12.5. The third kappa shape index (κ3) is 4.08. The highest BCUT2D eigenvalue weighted by Crippen LogP contribution is 2.35. The summed E-state index contributed by atoms with van der Waals surface area (Å²) in [6.45, 7) is 3.45. The van der Waals surface area contributed by atoms with Crippen LogP contribution < -0.4 is 8.92 Å². The Balaban J connectivity index is 2.50. The molecule has 128 valence electrons. The van der Waals surface area contributed by atoms with Crippen molar-refractivity contribution in [2.24, 2.45) is 0 Å². The van der Waals surface area contributed by atoms with Gasteiger partial charge >= 0.3 is 10.1 Å². The van der Waals surface area contributed by atoms with Crippen molar-refractivity contribution in [1.29, 1.82) is 0 Å². The van der Waals surface area contributed by atoms with Gasteiger partial charge in [0.05, 0.1) is 13.7 Å². The van der Waals surface area contributed by atoms with E-state index in [9.17, 15) is 13.5 Å². The number of allylic oxidation sites excluding steroid dienone is 1. The molecule has 0 unspecified atom stereocenters. The molecule has 1 N–H and O–H groups in total. The highest BCUT2D eigenvalue weighted by molar-refractivity contribution is 7.87. The van der Waals surface area contributed by atoms with Gasteiger partial charge in [-0.05, 0) is 48.4 Å². The Labute approximate surface area is 146 Å². The predicted octanol–water partition coefficient (Wildman–Crippen LogP) is 3.34. The van der Waals surface area contributed by atoms with Crippen LogP contribution >= 0.6 is 11.6 Å². The summed E-state index contributed by atoms with van der Waals surface area (Å²) in [7, 11) is -2.66. The predicted molar refractivity (Wildman–Crippen MR) is 92.1 cm³/mol. The minimum atomic E-state index is -4.06. The maximum atomic E-state index is 12.5. The van der Waals surface area contributed by atoms with Gasteiger partial charge in [-0.1, -0.05) is 17.7 Å². The van der Waals surface area contributed by atoms with Crippen LogP contribution in [0.1, 0.15) is 11.1 Å². The van der Waals surface area contributed by atoms with Crippen molar-refractivity contribution in [3.8, 4) is 11.5 Å². The average Bonchev–Trinajstić information content (AvgIpc) is 2.56. The second-order valence-electron chi connectivity index (χ2n) is 4.93. The minimum Gasteiger partial charge on any atom is -0.493 e. The average molecular weight is 369 g/mol. The Morgan fingerprint density at radius 2 is 1.92 bits per heavy atom. The Morgan fingerprint density at radius 1 is 1.25 bits per heavy atom. The summed E-state index contributed by atoms with van der Waals surface area (Å²) in [5, 5.41) is 9.75. The SMILES string of the molecule is C=CCc1cc(CO)cc(OC)c1OS(=O)(=O)c1ccc(Cl)cc1. The van der Waals surface area contributed by atoms with Crippen LogP contribution in [0.3, 0.4) is 0 Å². The van der Waals surface area contributed by atoms with E-state index in [1.807, 2.05) is 0 Å². The standard InChI is InChI=1S/C17H17ClO5S/c1-3-4-13-9-12(11-19)10-16(22-2)17(13)23-24(20,21)15-7-5-14(18)6-8-15/h3,5-10,19H,1,4,11H2,2H3. The summed E-state index contributed by atoms with van der Waals surface area (Å²) in [6, 6.07) is 8.83. The monoisotopic (exact) mass is 368 g/mol. The van der Waals surface area contributed by atoms with Crippen molar-refractivity contribution in [1.82, 2.24) is 0 Å². The zero-order valence-corrected chi connectivity index (χ0v) is 14.6. The summed E-state index contributed by atoms with van der Waals surface area (Å²) < 4.78 is 35.5. The fourth-order valence-corrected chi connectivity index (χ4v) is 3.23. The highest BCUT2D eigenvalue weighted by Gasteiger charge is 2.22. The Bertz CT molecular complexity index is 829. The minimum absolute atomic E-state index is 0.0234. The van der Waals surface area contributed by atoms with Gasteiger partial charge in [-0.3, -0.25) is 0 Å². The quantitative estimate of drug-likeness (QED) is 0.599. The molecule has 0 spiro atoms. The van der Waals surface area contributed by atoms with Gasteiger partial charge in [0.1, 0.15) is 4.90 Å². The molecule has 0 aliphatic heterocycles. The van der Waals surface area contributed by atoms with Crippen LogP contribution in [0.5, 0.6) is 11.5 Å². The first-order valence-electron chi connectivity index (χ1n) is 7.03. The molecule has 0 bridgehead atoms. The lowest BCUT2D eigenvalue weighted by Crippen LogP contribution is -2.12. The third-order valence-electron chi connectivity index (χ3n) is 3.25. The van der Waals surface area contributed by atoms with Crippen LogP contribution in [-0.2, 0) is 23.1 Å². The van der Waals surface area contributed by atoms with Gasteiger partial charge in [0.2, 0.25) is 0 Å². The van der Waals surface area contributed by atoms with E-state index in [1.165, 1.54) is 37.4 Å². The van der Waals surface area contributed by atoms with Crippen molar-refractivity contribution >= 4 is 21.7 Å². The fraction of sp³-hybridized carbons (Fsp3) is 0.176. The number of benzene rings is 2. The Hall–Kier alpha value is -2.02. The first-order chi connectivity index (χ1) is 11.4. The molecule has 0 aliphatic carbocycles. The summed E-state index contributed by atoms with van der Waals surface area (Å²) >= 11 is 5.78. The number of hydrogen-bond acceptors (Lipinski definition) is 5. The molecule has 0 saturated heterocycles. The van der Waals surface area contributed by atoms with Gasteiger partial charge in [0, 0.05) is 10.6 Å². The van der Waals surface area contributed by atoms with E-state index in [0.717, 1.165) is 0 Å². The molecule has 2 aromatic rings. The molecule has 0 atom stereocenters. The number of aliphatic hydroxyl groups is 1. The number of methoxy groups -OCH3 is 1. The van der Waals surface area contributed by atoms with E-state index in [4.69, 9.17) is 20.5 Å². The molecule has 5 nitrogen and oxygen atoms in total. The van der Waals surface area contributed by atoms with E-state index >= 15 is 0 Å². The van der Waals surface area contributed by atoms with Crippen LogP contribution in [0.2, 0.25) is 5.02 Å². The van der Waals surface area contributed by atoms with Gasteiger partial charge in [0.25, 0.3) is 0 Å². The van der Waals surface area contributed by atoms with Crippen LogP contribution in [-0.4, -0.2) is 20.6 Å². The van der Waals surface area contributed by atoms with Crippen LogP contribution in [0.15, 0.2) is 53.9 Å². The maximum Gasteiger partial charge on any atom is 0.339 e. The normalized spacial score (nSPS) is 11.1. The molecule has 0 heterocycles. The Kier molecular flexibility index (Phi) is 5.88. The van der Waals surface area contributed by atoms with Crippen molar-refractivity contribution < 1.29 is 22.4 Å². The van der Waals surface area contributed by atoms with E-state index in [0.29, 0.717) is 22.6 Å². The van der Waals surface area contributed by atoms with Gasteiger partial charge in [-0.15, -0.1) is 6.58 Å². The van der Waals surface area contributed by atoms with Gasteiger partial charge in [-0.25, -0.2) is 0 Å². The molecular weight excluding hydrogens is 352 g/mol. The molecule has 24 heavy (non-hydrogen) atoms. The first kappa shape index (κ1) is 18.3. The molecule has 0 fully saturated rings. The van der Waals surface area contributed by atoms with E-state index in [-0.39, 0.29) is 23.0 Å². The topological polar surface area (TPSA) is 72.8 Å². The van der Waals surface area contributed by atoms with Gasteiger partial charge in [-0.2, -0.15) is 8.42 Å². The lowest BCUT2D eigenvalue weighted by atomic mass is 10.1. The van der Waals surface area contributed by atoms with Crippen LogP contribution in [0, 0.1) is 0 Å². The Morgan fingerprint density at radius 3 is 2.46 bits per heavy atom. The molecule has 0 amide bonds. The molecule has 0 aliphatic rings. The summed E-state index contributed by atoms with van der Waals surface area (Å²) in [6.07, 6.45) is 1.97. The summed E-state index contributed by atoms with van der Waals surface area (Å²) in [5.74, 6) is 0.292. The van der Waals surface area contributed by atoms with E-state index in [2.05, 4.69) is 6.58 Å². The number of rotatable bonds is 7. The summed E-state index contributed by atoms with van der Waals surface area (Å²) in [5.41, 5.74) is 1.13. The highest BCUT2D eigenvalue weighted by atomic mass is 35.5. The smallest absolute Gasteiger partial charge is 0.339 e. The largest absolute Gasteiger partial charge is 0.493 e.